The summed E-state index contributed by atoms with van der Waals surface area (Å²) in [4.78, 5) is 18.2. The van der Waals surface area contributed by atoms with Crippen LogP contribution in [0.3, 0.4) is 0 Å². The van der Waals surface area contributed by atoms with E-state index in [-0.39, 0.29) is 11.2 Å². The molecule has 0 saturated carbocycles. The third-order valence-electron chi connectivity index (χ3n) is 7.09. The monoisotopic (exact) mass is 603 g/mol. The van der Waals surface area contributed by atoms with Crippen molar-refractivity contribution in [3.05, 3.63) is 119 Å². The third kappa shape index (κ3) is 7.94. The van der Waals surface area contributed by atoms with Crippen LogP contribution in [-0.4, -0.2) is 57.0 Å². The molecule has 1 aromatic heterocycles. The molecule has 2 N–H and O–H groups in total. The standard InChI is InChI=1S/C32H32F3N7S/c1-22-21-23(2)37-29(36-22)39-30(40-31(43)38-27-15-13-26(14-16-27)32(33,34)35)42-19-17-41(18-20-42)28(24-9-5-3-6-10-24)25-11-7-4-8-12-25/h3-16,21,28H,17-20H2,1-2H3,(H2,36,37,38,39,40,43). The number of aromatic nitrogens is 2. The van der Waals surface area contributed by atoms with E-state index in [2.05, 4.69) is 83.9 Å². The number of halogens is 3. The lowest BCUT2D eigenvalue weighted by atomic mass is 9.96. The molecule has 0 spiro atoms. The molecule has 1 aliphatic rings. The Morgan fingerprint density at radius 1 is 0.791 bits per heavy atom. The Labute approximate surface area is 254 Å². The molecular weight excluding hydrogens is 571 g/mol. The van der Waals surface area contributed by atoms with Crippen molar-refractivity contribution in [2.45, 2.75) is 26.1 Å². The summed E-state index contributed by atoms with van der Waals surface area (Å²) < 4.78 is 39.0. The van der Waals surface area contributed by atoms with Crippen LogP contribution in [-0.2, 0) is 6.18 Å². The van der Waals surface area contributed by atoms with Crippen LogP contribution in [0, 0.1) is 13.8 Å². The number of nitrogens with zero attached hydrogens (tertiary/aromatic N) is 5. The smallest absolute Gasteiger partial charge is 0.340 e. The molecule has 0 aliphatic carbocycles. The summed E-state index contributed by atoms with van der Waals surface area (Å²) >= 11 is 5.51. The number of hydrogen-bond acceptors (Lipinski definition) is 4. The highest BCUT2D eigenvalue weighted by Gasteiger charge is 2.30. The van der Waals surface area contributed by atoms with Crippen LogP contribution < -0.4 is 10.6 Å². The van der Waals surface area contributed by atoms with E-state index >= 15 is 0 Å². The molecule has 0 bridgehead atoms. The van der Waals surface area contributed by atoms with Gasteiger partial charge in [-0.15, -0.1) is 0 Å². The Morgan fingerprint density at radius 3 is 1.84 bits per heavy atom. The molecular formula is C32H32F3N7S. The van der Waals surface area contributed by atoms with E-state index in [1.54, 1.807) is 0 Å². The van der Waals surface area contributed by atoms with Gasteiger partial charge in [0.15, 0.2) is 0 Å². The highest BCUT2D eigenvalue weighted by Crippen LogP contribution is 2.31. The van der Waals surface area contributed by atoms with Gasteiger partial charge in [0.2, 0.25) is 17.0 Å². The summed E-state index contributed by atoms with van der Waals surface area (Å²) in [5, 5.41) is 6.27. The third-order valence-corrected chi connectivity index (χ3v) is 7.28. The van der Waals surface area contributed by atoms with Crippen molar-refractivity contribution in [2.24, 2.45) is 4.99 Å². The number of piperazine rings is 1. The number of aryl methyl sites for hydroxylation is 2. The molecule has 222 valence electrons. The van der Waals surface area contributed by atoms with Crippen molar-refractivity contribution in [2.75, 3.05) is 36.8 Å². The van der Waals surface area contributed by atoms with Gasteiger partial charge in [-0.1, -0.05) is 60.7 Å². The van der Waals surface area contributed by atoms with Gasteiger partial charge in [-0.05, 0) is 67.5 Å². The normalized spacial score (nSPS) is 14.6. The molecule has 7 nitrogen and oxygen atoms in total. The predicted molar refractivity (Wildman–Crippen MR) is 168 cm³/mol. The lowest BCUT2D eigenvalue weighted by molar-refractivity contribution is -0.137. The van der Waals surface area contributed by atoms with Gasteiger partial charge in [-0.3, -0.25) is 10.2 Å². The molecule has 3 aromatic carbocycles. The first-order valence-corrected chi connectivity index (χ1v) is 14.3. The maximum Gasteiger partial charge on any atom is 0.416 e. The number of aliphatic imine (C=N–C) groups is 1. The molecule has 4 aromatic rings. The Kier molecular flexibility index (Phi) is 9.32. The average molecular weight is 604 g/mol. The van der Waals surface area contributed by atoms with Crippen molar-refractivity contribution in [1.29, 1.82) is 0 Å². The fourth-order valence-corrected chi connectivity index (χ4v) is 5.33. The van der Waals surface area contributed by atoms with Crippen molar-refractivity contribution in [3.63, 3.8) is 0 Å². The minimum atomic E-state index is -4.41. The van der Waals surface area contributed by atoms with Crippen molar-refractivity contribution < 1.29 is 13.2 Å². The number of hydrogen-bond donors (Lipinski definition) is 2. The van der Waals surface area contributed by atoms with Gasteiger partial charge < -0.3 is 10.2 Å². The second kappa shape index (κ2) is 13.3. The van der Waals surface area contributed by atoms with Crippen LogP contribution in [0.1, 0.15) is 34.1 Å². The van der Waals surface area contributed by atoms with Gasteiger partial charge in [0.1, 0.15) is 0 Å². The summed E-state index contributed by atoms with van der Waals surface area (Å²) in [5.74, 6) is 0.854. The number of nitrogens with one attached hydrogen (secondary N) is 2. The van der Waals surface area contributed by atoms with Crippen molar-refractivity contribution in [1.82, 2.24) is 19.8 Å². The van der Waals surface area contributed by atoms with E-state index < -0.39 is 11.7 Å². The summed E-state index contributed by atoms with van der Waals surface area (Å²) in [6, 6.07) is 27.6. The van der Waals surface area contributed by atoms with Gasteiger partial charge in [0.05, 0.1) is 11.6 Å². The minimum Gasteiger partial charge on any atom is -0.340 e. The molecule has 11 heteroatoms. The Morgan fingerprint density at radius 2 is 1.33 bits per heavy atom. The second-order valence-corrected chi connectivity index (χ2v) is 10.7. The van der Waals surface area contributed by atoms with Gasteiger partial charge in [0, 0.05) is 43.3 Å². The maximum atomic E-state index is 13.0. The van der Waals surface area contributed by atoms with Crippen molar-refractivity contribution >= 4 is 34.9 Å². The zero-order valence-corrected chi connectivity index (χ0v) is 24.7. The second-order valence-electron chi connectivity index (χ2n) is 10.3. The van der Waals surface area contributed by atoms with Crippen LogP contribution in [0.25, 0.3) is 0 Å². The van der Waals surface area contributed by atoms with Crippen LogP contribution in [0.4, 0.5) is 24.8 Å². The first-order chi connectivity index (χ1) is 20.7. The van der Waals surface area contributed by atoms with Gasteiger partial charge in [0.25, 0.3) is 0 Å². The lowest BCUT2D eigenvalue weighted by Crippen LogP contribution is -2.52. The number of rotatable bonds is 5. The minimum absolute atomic E-state index is 0.0977. The molecule has 1 fully saturated rings. The molecule has 5 rings (SSSR count). The summed E-state index contributed by atoms with van der Waals surface area (Å²) in [6.45, 7) is 6.58. The van der Waals surface area contributed by atoms with Crippen LogP contribution in [0.2, 0.25) is 0 Å². The largest absolute Gasteiger partial charge is 0.416 e. The summed E-state index contributed by atoms with van der Waals surface area (Å²) in [7, 11) is 0. The van der Waals surface area contributed by atoms with E-state index in [4.69, 9.17) is 12.2 Å². The van der Waals surface area contributed by atoms with E-state index in [0.29, 0.717) is 30.7 Å². The topological polar surface area (TPSA) is 68.7 Å². The lowest BCUT2D eigenvalue weighted by Gasteiger charge is -2.40. The quantitative estimate of drug-likeness (QED) is 0.150. The Bertz CT molecular complexity index is 1490. The Hall–Kier alpha value is -4.35. The van der Waals surface area contributed by atoms with Gasteiger partial charge in [-0.25, -0.2) is 9.97 Å². The van der Waals surface area contributed by atoms with Crippen LogP contribution in [0.5, 0.6) is 0 Å². The summed E-state index contributed by atoms with van der Waals surface area (Å²) in [6.07, 6.45) is -4.41. The van der Waals surface area contributed by atoms with E-state index in [9.17, 15) is 13.2 Å². The average Bonchev–Trinajstić information content (AvgIpc) is 2.98. The molecule has 2 heterocycles. The molecule has 43 heavy (non-hydrogen) atoms. The SMILES string of the molecule is Cc1cc(C)nc(N/C(=N/C(=S)Nc2ccc(C(F)(F)F)cc2)N2CCN(C(c3ccccc3)c3ccccc3)CC2)n1. The van der Waals surface area contributed by atoms with E-state index in [1.807, 2.05) is 32.0 Å². The highest BCUT2D eigenvalue weighted by atomic mass is 32.1. The Balaban J connectivity index is 1.36. The molecule has 1 saturated heterocycles. The molecule has 1 aliphatic heterocycles. The molecule has 0 unspecified atom stereocenters. The van der Waals surface area contributed by atoms with Crippen LogP contribution >= 0.6 is 12.2 Å². The number of benzene rings is 3. The number of anilines is 2. The van der Waals surface area contributed by atoms with Gasteiger partial charge in [-0.2, -0.15) is 18.2 Å². The molecule has 0 radical (unpaired) electrons. The zero-order valence-electron chi connectivity index (χ0n) is 23.8. The first-order valence-electron chi connectivity index (χ1n) is 13.9. The van der Waals surface area contributed by atoms with E-state index in [1.165, 1.54) is 23.3 Å². The molecule has 0 atom stereocenters. The van der Waals surface area contributed by atoms with Crippen LogP contribution in [0.15, 0.2) is 96.0 Å². The predicted octanol–water partition coefficient (Wildman–Crippen LogP) is 6.68. The fourth-order valence-electron chi connectivity index (χ4n) is 5.13. The van der Waals surface area contributed by atoms with E-state index in [0.717, 1.165) is 36.6 Å². The zero-order chi connectivity index (χ0) is 30.4. The number of alkyl halides is 3. The summed E-state index contributed by atoms with van der Waals surface area (Å²) in [5.41, 5.74) is 3.72. The van der Waals surface area contributed by atoms with Gasteiger partial charge >= 0.3 is 6.18 Å². The first kappa shape index (κ1) is 30.1. The fraction of sp³-hybridized carbons (Fsp3) is 0.250. The maximum absolute atomic E-state index is 13.0. The number of guanidine groups is 1. The molecule has 0 amide bonds. The highest BCUT2D eigenvalue weighted by molar-refractivity contribution is 7.80. The van der Waals surface area contributed by atoms with Crippen molar-refractivity contribution in [3.8, 4) is 0 Å². The number of thiocarbonyl (C=S) groups is 1.